The van der Waals surface area contributed by atoms with Gasteiger partial charge in [-0.2, -0.15) is 0 Å². The van der Waals surface area contributed by atoms with Crippen LogP contribution >= 0.6 is 0 Å². The maximum absolute atomic E-state index is 13.5. The van der Waals surface area contributed by atoms with Crippen molar-refractivity contribution in [3.05, 3.63) is 65.2 Å². The van der Waals surface area contributed by atoms with Crippen LogP contribution in [0.2, 0.25) is 0 Å². The van der Waals surface area contributed by atoms with Gasteiger partial charge in [-0.1, -0.05) is 18.2 Å². The maximum Gasteiger partial charge on any atom is 0.344 e. The van der Waals surface area contributed by atoms with E-state index in [1.807, 2.05) is 0 Å². The van der Waals surface area contributed by atoms with Crippen LogP contribution in [0, 0.1) is 11.6 Å². The van der Waals surface area contributed by atoms with Crippen LogP contribution in [0.15, 0.2) is 42.5 Å². The lowest BCUT2D eigenvalue weighted by molar-refractivity contribution is -0.119. The molecule has 1 N–H and O–H groups in total. The predicted molar refractivity (Wildman–Crippen MR) is 87.7 cm³/mol. The third-order valence-corrected chi connectivity index (χ3v) is 3.20. The van der Waals surface area contributed by atoms with E-state index in [-0.39, 0.29) is 17.9 Å². The fraction of sp³-hybridized carbons (Fsp3) is 0.167. The number of para-hydroxylation sites is 1. The van der Waals surface area contributed by atoms with E-state index in [0.717, 1.165) is 18.2 Å². The normalized spacial score (nSPS) is 10.1. The van der Waals surface area contributed by atoms with E-state index in [2.05, 4.69) is 10.1 Å². The molecule has 2 aromatic carbocycles. The van der Waals surface area contributed by atoms with Gasteiger partial charge in [0.2, 0.25) is 0 Å². The summed E-state index contributed by atoms with van der Waals surface area (Å²) in [6.07, 6.45) is 0. The number of nitrogens with one attached hydrogen (secondary N) is 1. The summed E-state index contributed by atoms with van der Waals surface area (Å²) in [6, 6.07) is 8.98. The Labute approximate surface area is 147 Å². The van der Waals surface area contributed by atoms with E-state index < -0.39 is 41.7 Å². The van der Waals surface area contributed by atoms with Gasteiger partial charge in [-0.15, -0.1) is 0 Å². The lowest BCUT2D eigenvalue weighted by Gasteiger charge is -2.11. The van der Waals surface area contributed by atoms with Crippen molar-refractivity contribution in [1.29, 1.82) is 0 Å². The second-order valence-electron chi connectivity index (χ2n) is 4.99. The molecule has 2 aromatic rings. The molecule has 0 saturated heterocycles. The molecule has 0 heterocycles. The van der Waals surface area contributed by atoms with E-state index in [9.17, 15) is 23.2 Å². The van der Waals surface area contributed by atoms with Gasteiger partial charge in [0.1, 0.15) is 17.2 Å². The fourth-order valence-electron chi connectivity index (χ4n) is 2.06. The predicted octanol–water partition coefficient (Wildman–Crippen LogP) is 2.94. The highest BCUT2D eigenvalue weighted by atomic mass is 19.1. The van der Waals surface area contributed by atoms with Crippen LogP contribution in [0.1, 0.15) is 27.6 Å². The lowest BCUT2D eigenvalue weighted by atomic mass is 10.2. The fourth-order valence-corrected chi connectivity index (χ4v) is 2.06. The van der Waals surface area contributed by atoms with Gasteiger partial charge in [-0.25, -0.2) is 18.4 Å². The highest BCUT2D eigenvalue weighted by Crippen LogP contribution is 2.17. The standard InChI is InChI=1S/C18H15F2NO5/c1-2-25-17(23)11-6-3-4-9-14(11)21-15(22)10-26-18(24)16-12(19)7-5-8-13(16)20/h3-9H,2,10H2,1H3,(H,21,22). The molecule has 0 atom stereocenters. The maximum atomic E-state index is 13.5. The van der Waals surface area contributed by atoms with Gasteiger partial charge in [0.15, 0.2) is 6.61 Å². The number of carbonyl (C=O) groups excluding carboxylic acids is 3. The van der Waals surface area contributed by atoms with E-state index in [1.165, 1.54) is 12.1 Å². The van der Waals surface area contributed by atoms with Gasteiger partial charge < -0.3 is 14.8 Å². The Morgan fingerprint density at radius 1 is 0.923 bits per heavy atom. The van der Waals surface area contributed by atoms with Gasteiger partial charge in [0.25, 0.3) is 5.91 Å². The van der Waals surface area contributed by atoms with Crippen LogP contribution in [0.25, 0.3) is 0 Å². The van der Waals surface area contributed by atoms with Crippen LogP contribution in [0.3, 0.4) is 0 Å². The number of ether oxygens (including phenoxy) is 2. The molecule has 1 amide bonds. The molecule has 0 aliphatic rings. The molecule has 0 spiro atoms. The summed E-state index contributed by atoms with van der Waals surface area (Å²) in [5.41, 5.74) is -0.606. The van der Waals surface area contributed by atoms with Crippen LogP contribution < -0.4 is 5.32 Å². The number of halogens is 2. The monoisotopic (exact) mass is 363 g/mol. The first kappa shape index (κ1) is 19.0. The molecule has 136 valence electrons. The van der Waals surface area contributed by atoms with Gasteiger partial charge in [0.05, 0.1) is 17.9 Å². The molecule has 0 bridgehead atoms. The molecule has 0 aromatic heterocycles. The van der Waals surface area contributed by atoms with Crippen LogP contribution in [-0.2, 0) is 14.3 Å². The van der Waals surface area contributed by atoms with Gasteiger partial charge in [-0.05, 0) is 31.2 Å². The minimum atomic E-state index is -1.31. The molecule has 0 aliphatic carbocycles. The van der Waals surface area contributed by atoms with Crippen LogP contribution in [0.4, 0.5) is 14.5 Å². The Morgan fingerprint density at radius 2 is 1.58 bits per heavy atom. The molecule has 0 radical (unpaired) electrons. The third kappa shape index (κ3) is 4.62. The second kappa shape index (κ2) is 8.70. The Bertz CT molecular complexity index is 818. The number of hydrogen-bond donors (Lipinski definition) is 1. The SMILES string of the molecule is CCOC(=O)c1ccccc1NC(=O)COC(=O)c1c(F)cccc1F. The van der Waals surface area contributed by atoms with Gasteiger partial charge in [-0.3, -0.25) is 4.79 Å². The molecule has 0 aliphatic heterocycles. The first-order valence-electron chi connectivity index (χ1n) is 7.61. The van der Waals surface area contributed by atoms with Crippen molar-refractivity contribution in [3.63, 3.8) is 0 Å². The summed E-state index contributed by atoms with van der Waals surface area (Å²) >= 11 is 0. The van der Waals surface area contributed by atoms with Crippen LogP contribution in [0.5, 0.6) is 0 Å². The summed E-state index contributed by atoms with van der Waals surface area (Å²) in [7, 11) is 0. The lowest BCUT2D eigenvalue weighted by Crippen LogP contribution is -2.23. The van der Waals surface area contributed by atoms with E-state index in [1.54, 1.807) is 19.1 Å². The summed E-state index contributed by atoms with van der Waals surface area (Å²) in [5.74, 6) is -4.92. The molecule has 0 saturated carbocycles. The Morgan fingerprint density at radius 3 is 2.23 bits per heavy atom. The van der Waals surface area contributed by atoms with Crippen molar-refractivity contribution in [2.45, 2.75) is 6.92 Å². The first-order valence-corrected chi connectivity index (χ1v) is 7.61. The smallest absolute Gasteiger partial charge is 0.344 e. The Hall–Kier alpha value is -3.29. The number of hydrogen-bond acceptors (Lipinski definition) is 5. The zero-order chi connectivity index (χ0) is 19.1. The Kier molecular flexibility index (Phi) is 6.37. The number of anilines is 1. The molecular weight excluding hydrogens is 348 g/mol. The van der Waals surface area contributed by atoms with Crippen molar-refractivity contribution < 1.29 is 32.6 Å². The summed E-state index contributed by atoms with van der Waals surface area (Å²) in [6.45, 7) is 1.01. The van der Waals surface area contributed by atoms with Gasteiger partial charge in [0, 0.05) is 0 Å². The number of benzene rings is 2. The molecule has 8 heteroatoms. The van der Waals surface area contributed by atoms with Crippen molar-refractivity contribution in [3.8, 4) is 0 Å². The molecule has 6 nitrogen and oxygen atoms in total. The zero-order valence-corrected chi connectivity index (χ0v) is 13.8. The average molecular weight is 363 g/mol. The van der Waals surface area contributed by atoms with Crippen molar-refractivity contribution in [1.82, 2.24) is 0 Å². The number of esters is 2. The number of carbonyl (C=O) groups is 3. The highest BCUT2D eigenvalue weighted by Gasteiger charge is 2.20. The topological polar surface area (TPSA) is 81.7 Å². The largest absolute Gasteiger partial charge is 0.462 e. The summed E-state index contributed by atoms with van der Waals surface area (Å²) in [5, 5.41) is 2.38. The zero-order valence-electron chi connectivity index (χ0n) is 13.8. The Balaban J connectivity index is 2.02. The van der Waals surface area contributed by atoms with Crippen molar-refractivity contribution in [2.24, 2.45) is 0 Å². The van der Waals surface area contributed by atoms with Crippen molar-refractivity contribution >= 4 is 23.5 Å². The highest BCUT2D eigenvalue weighted by molar-refractivity contribution is 6.02. The van der Waals surface area contributed by atoms with E-state index >= 15 is 0 Å². The summed E-state index contributed by atoms with van der Waals surface area (Å²) < 4.78 is 36.5. The van der Waals surface area contributed by atoms with Gasteiger partial charge >= 0.3 is 11.9 Å². The quantitative estimate of drug-likeness (QED) is 0.798. The molecule has 0 unspecified atom stereocenters. The molecule has 26 heavy (non-hydrogen) atoms. The molecule has 2 rings (SSSR count). The van der Waals surface area contributed by atoms with Crippen molar-refractivity contribution in [2.75, 3.05) is 18.5 Å². The number of rotatable bonds is 6. The van der Waals surface area contributed by atoms with E-state index in [0.29, 0.717) is 0 Å². The van der Waals surface area contributed by atoms with Crippen LogP contribution in [-0.4, -0.2) is 31.1 Å². The minimum absolute atomic E-state index is 0.120. The minimum Gasteiger partial charge on any atom is -0.462 e. The molecule has 0 fully saturated rings. The van der Waals surface area contributed by atoms with E-state index in [4.69, 9.17) is 4.74 Å². The summed E-state index contributed by atoms with van der Waals surface area (Å²) in [4.78, 5) is 35.5. The molecular formula is C18H15F2NO5. The number of amides is 1. The third-order valence-electron chi connectivity index (χ3n) is 3.20. The second-order valence-corrected chi connectivity index (χ2v) is 4.99. The first-order chi connectivity index (χ1) is 12.4. The average Bonchev–Trinajstić information content (AvgIpc) is 2.60.